The van der Waals surface area contributed by atoms with Gasteiger partial charge in [0.15, 0.2) is 10.3 Å². The first-order valence-electron chi connectivity index (χ1n) is 5.93. The van der Waals surface area contributed by atoms with Crippen molar-refractivity contribution in [2.24, 2.45) is 0 Å². The van der Waals surface area contributed by atoms with E-state index in [1.807, 2.05) is 36.6 Å². The predicted octanol–water partition coefficient (Wildman–Crippen LogP) is 3.48. The summed E-state index contributed by atoms with van der Waals surface area (Å²) in [5, 5.41) is 6.65. The van der Waals surface area contributed by atoms with Gasteiger partial charge in [0.05, 0.1) is 16.3 Å². The Morgan fingerprint density at radius 1 is 1.10 bits per heavy atom. The van der Waals surface area contributed by atoms with E-state index in [0.717, 1.165) is 32.8 Å². The Kier molecular flexibility index (Phi) is 3.29. The summed E-state index contributed by atoms with van der Waals surface area (Å²) in [6, 6.07) is 7.55. The standard InChI is InChI=1S/C13H13N5S2/c1-7-11(20-12(15)16-7)10-6-19-13(18-10)17-9-4-2-8(14)3-5-9/h2-6H,14H2,1H3,(H2,15,16)(H,17,18). The van der Waals surface area contributed by atoms with Crippen LogP contribution in [0.15, 0.2) is 29.6 Å². The maximum atomic E-state index is 5.72. The highest BCUT2D eigenvalue weighted by Gasteiger charge is 2.11. The molecule has 0 unspecified atom stereocenters. The van der Waals surface area contributed by atoms with Crippen molar-refractivity contribution < 1.29 is 0 Å². The number of rotatable bonds is 3. The van der Waals surface area contributed by atoms with E-state index in [0.29, 0.717) is 5.13 Å². The van der Waals surface area contributed by atoms with Gasteiger partial charge in [0.2, 0.25) is 0 Å². The van der Waals surface area contributed by atoms with Crippen LogP contribution in [0.5, 0.6) is 0 Å². The van der Waals surface area contributed by atoms with E-state index in [1.54, 1.807) is 11.3 Å². The number of nitrogens with one attached hydrogen (secondary N) is 1. The molecule has 20 heavy (non-hydrogen) atoms. The van der Waals surface area contributed by atoms with Crippen LogP contribution in [-0.2, 0) is 0 Å². The van der Waals surface area contributed by atoms with Crippen molar-refractivity contribution >= 4 is 44.3 Å². The van der Waals surface area contributed by atoms with Crippen LogP contribution in [0.25, 0.3) is 10.6 Å². The molecule has 0 aliphatic heterocycles. The van der Waals surface area contributed by atoms with E-state index in [1.165, 1.54) is 11.3 Å². The van der Waals surface area contributed by atoms with Crippen LogP contribution in [0.3, 0.4) is 0 Å². The zero-order valence-electron chi connectivity index (χ0n) is 10.8. The lowest BCUT2D eigenvalue weighted by molar-refractivity contribution is 1.26. The van der Waals surface area contributed by atoms with E-state index in [9.17, 15) is 0 Å². The van der Waals surface area contributed by atoms with Crippen LogP contribution in [0.4, 0.5) is 21.6 Å². The summed E-state index contributed by atoms with van der Waals surface area (Å²) in [6.07, 6.45) is 0. The Morgan fingerprint density at radius 3 is 2.50 bits per heavy atom. The molecule has 0 amide bonds. The number of nitrogens with zero attached hydrogens (tertiary/aromatic N) is 2. The zero-order chi connectivity index (χ0) is 14.1. The molecule has 0 saturated heterocycles. The molecule has 102 valence electrons. The number of benzene rings is 1. The number of aromatic nitrogens is 2. The van der Waals surface area contributed by atoms with Crippen LogP contribution in [-0.4, -0.2) is 9.97 Å². The quantitative estimate of drug-likeness (QED) is 0.644. The Bertz CT molecular complexity index is 730. The summed E-state index contributed by atoms with van der Waals surface area (Å²) >= 11 is 3.00. The summed E-state index contributed by atoms with van der Waals surface area (Å²) < 4.78 is 0. The van der Waals surface area contributed by atoms with Gasteiger partial charge in [0.1, 0.15) is 0 Å². The maximum Gasteiger partial charge on any atom is 0.187 e. The molecule has 0 fully saturated rings. The summed E-state index contributed by atoms with van der Waals surface area (Å²) in [4.78, 5) is 9.80. The number of hydrogen-bond acceptors (Lipinski definition) is 7. The highest BCUT2D eigenvalue weighted by molar-refractivity contribution is 7.19. The first-order chi connectivity index (χ1) is 9.61. The second-order valence-electron chi connectivity index (χ2n) is 4.25. The van der Waals surface area contributed by atoms with Gasteiger partial charge in [-0.15, -0.1) is 11.3 Å². The van der Waals surface area contributed by atoms with Gasteiger partial charge in [-0.05, 0) is 31.2 Å². The summed E-state index contributed by atoms with van der Waals surface area (Å²) in [7, 11) is 0. The Hall–Kier alpha value is -2.12. The molecule has 3 rings (SSSR count). The van der Waals surface area contributed by atoms with Crippen LogP contribution in [0.2, 0.25) is 0 Å². The average molecular weight is 303 g/mol. The monoisotopic (exact) mass is 303 g/mol. The van der Waals surface area contributed by atoms with E-state index >= 15 is 0 Å². The smallest absolute Gasteiger partial charge is 0.187 e. The highest BCUT2D eigenvalue weighted by atomic mass is 32.1. The molecule has 1 aromatic carbocycles. The van der Waals surface area contributed by atoms with Crippen LogP contribution >= 0.6 is 22.7 Å². The molecular weight excluding hydrogens is 290 g/mol. The second kappa shape index (κ2) is 5.10. The van der Waals surface area contributed by atoms with E-state index in [2.05, 4.69) is 15.3 Å². The molecule has 0 spiro atoms. The Balaban J connectivity index is 1.83. The third-order valence-corrected chi connectivity index (χ3v) is 4.48. The molecule has 0 atom stereocenters. The van der Waals surface area contributed by atoms with Crippen molar-refractivity contribution in [2.45, 2.75) is 6.92 Å². The van der Waals surface area contributed by atoms with Crippen molar-refractivity contribution in [3.63, 3.8) is 0 Å². The minimum Gasteiger partial charge on any atom is -0.399 e. The lowest BCUT2D eigenvalue weighted by Gasteiger charge is -2.02. The second-order valence-corrected chi connectivity index (χ2v) is 6.14. The lowest BCUT2D eigenvalue weighted by atomic mass is 10.3. The van der Waals surface area contributed by atoms with Gasteiger partial charge in [-0.25, -0.2) is 9.97 Å². The molecule has 5 nitrogen and oxygen atoms in total. The van der Waals surface area contributed by atoms with Crippen molar-refractivity contribution in [3.05, 3.63) is 35.3 Å². The fourth-order valence-electron chi connectivity index (χ4n) is 1.78. The predicted molar refractivity (Wildman–Crippen MR) is 86.5 cm³/mol. The van der Waals surface area contributed by atoms with Gasteiger partial charge < -0.3 is 16.8 Å². The first-order valence-corrected chi connectivity index (χ1v) is 7.63. The molecular formula is C13H13N5S2. The van der Waals surface area contributed by atoms with Gasteiger partial charge >= 0.3 is 0 Å². The third kappa shape index (κ3) is 2.59. The van der Waals surface area contributed by atoms with E-state index < -0.39 is 0 Å². The van der Waals surface area contributed by atoms with Crippen molar-refractivity contribution in [2.75, 3.05) is 16.8 Å². The molecule has 2 heterocycles. The van der Waals surface area contributed by atoms with E-state index in [-0.39, 0.29) is 0 Å². The number of nitrogens with two attached hydrogens (primary N) is 2. The molecule has 5 N–H and O–H groups in total. The lowest BCUT2D eigenvalue weighted by Crippen LogP contribution is -1.90. The molecule has 0 saturated carbocycles. The van der Waals surface area contributed by atoms with Crippen molar-refractivity contribution in [1.29, 1.82) is 0 Å². The molecule has 0 aliphatic rings. The minimum absolute atomic E-state index is 0.568. The fourth-order valence-corrected chi connectivity index (χ4v) is 3.37. The molecule has 3 aromatic rings. The Morgan fingerprint density at radius 2 is 1.85 bits per heavy atom. The fraction of sp³-hybridized carbons (Fsp3) is 0.0769. The molecule has 2 aromatic heterocycles. The molecule has 7 heteroatoms. The minimum atomic E-state index is 0.568. The van der Waals surface area contributed by atoms with Gasteiger partial charge in [-0.2, -0.15) is 0 Å². The van der Waals surface area contributed by atoms with Gasteiger partial charge in [-0.3, -0.25) is 0 Å². The SMILES string of the molecule is Cc1nc(N)sc1-c1csc(Nc2ccc(N)cc2)n1. The normalized spacial score (nSPS) is 10.7. The zero-order valence-corrected chi connectivity index (χ0v) is 12.4. The van der Waals surface area contributed by atoms with Crippen molar-refractivity contribution in [1.82, 2.24) is 9.97 Å². The van der Waals surface area contributed by atoms with Crippen LogP contribution in [0, 0.1) is 6.92 Å². The number of aryl methyl sites for hydroxylation is 1. The van der Waals surface area contributed by atoms with Crippen molar-refractivity contribution in [3.8, 4) is 10.6 Å². The van der Waals surface area contributed by atoms with Gasteiger partial charge in [0, 0.05) is 16.8 Å². The summed E-state index contributed by atoms with van der Waals surface area (Å²) in [6.45, 7) is 1.94. The summed E-state index contributed by atoms with van der Waals surface area (Å²) in [5.41, 5.74) is 14.9. The molecule has 0 aliphatic carbocycles. The number of hydrogen-bond donors (Lipinski definition) is 3. The average Bonchev–Trinajstić information content (AvgIpc) is 2.99. The number of nitrogen functional groups attached to an aromatic ring is 2. The maximum absolute atomic E-state index is 5.72. The van der Waals surface area contributed by atoms with Crippen LogP contribution < -0.4 is 16.8 Å². The molecule has 0 bridgehead atoms. The van der Waals surface area contributed by atoms with Crippen LogP contribution in [0.1, 0.15) is 5.69 Å². The van der Waals surface area contributed by atoms with Gasteiger partial charge in [0.25, 0.3) is 0 Å². The largest absolute Gasteiger partial charge is 0.399 e. The van der Waals surface area contributed by atoms with Gasteiger partial charge in [-0.1, -0.05) is 11.3 Å². The number of thiazole rings is 2. The third-order valence-electron chi connectivity index (χ3n) is 2.71. The number of anilines is 4. The summed E-state index contributed by atoms with van der Waals surface area (Å²) in [5.74, 6) is 0. The highest BCUT2D eigenvalue weighted by Crippen LogP contribution is 2.34. The Labute approximate surface area is 124 Å². The molecule has 0 radical (unpaired) electrons. The first kappa shape index (κ1) is 12.9. The topological polar surface area (TPSA) is 89.8 Å². The van der Waals surface area contributed by atoms with E-state index in [4.69, 9.17) is 11.5 Å².